The van der Waals surface area contributed by atoms with Crippen molar-refractivity contribution in [3.63, 3.8) is 0 Å². The summed E-state index contributed by atoms with van der Waals surface area (Å²) < 4.78 is 0. The first-order valence-corrected chi connectivity index (χ1v) is 5.58. The Morgan fingerprint density at radius 1 is 1.50 bits per heavy atom. The largest absolute Gasteiger partial charge is 0.341 e. The highest BCUT2D eigenvalue weighted by Gasteiger charge is 2.18. The van der Waals surface area contributed by atoms with Gasteiger partial charge in [-0.3, -0.25) is 4.79 Å². The highest BCUT2D eigenvalue weighted by molar-refractivity contribution is 6.30. The van der Waals surface area contributed by atoms with E-state index in [2.05, 4.69) is 11.2 Å². The predicted molar refractivity (Wildman–Crippen MR) is 66.1 cm³/mol. The number of rotatable bonds is 4. The Bertz CT molecular complexity index is 383. The Morgan fingerprint density at radius 2 is 2.12 bits per heavy atom. The first-order chi connectivity index (χ1) is 7.69. The minimum absolute atomic E-state index is 0.252. The molecular formula is C13H14ClNO. The Morgan fingerprint density at radius 3 is 2.62 bits per heavy atom. The Hall–Kier alpha value is -1.46. The fourth-order valence-corrected chi connectivity index (χ4v) is 1.49. The van der Waals surface area contributed by atoms with E-state index in [9.17, 15) is 4.79 Å². The number of hydrogen-bond acceptors (Lipinski definition) is 1. The molecule has 0 aliphatic carbocycles. The van der Waals surface area contributed by atoms with Gasteiger partial charge in [0.15, 0.2) is 0 Å². The molecule has 16 heavy (non-hydrogen) atoms. The molecule has 1 rings (SSSR count). The Balaban J connectivity index is 2.65. The monoisotopic (exact) mass is 235 g/mol. The second kappa shape index (κ2) is 6.19. The van der Waals surface area contributed by atoms with Crippen molar-refractivity contribution < 1.29 is 4.79 Å². The third kappa shape index (κ3) is 3.29. The SMILES string of the molecule is C#CC(CC)NC(=O)C(Cl)c1ccccc1. The third-order valence-electron chi connectivity index (χ3n) is 2.25. The average Bonchev–Trinajstić information content (AvgIpc) is 2.35. The van der Waals surface area contributed by atoms with Gasteiger partial charge in [-0.2, -0.15) is 0 Å². The van der Waals surface area contributed by atoms with Crippen LogP contribution in [0.2, 0.25) is 0 Å². The maximum atomic E-state index is 11.7. The number of nitrogens with one attached hydrogen (secondary N) is 1. The molecule has 84 valence electrons. The van der Waals surface area contributed by atoms with Crippen LogP contribution in [0, 0.1) is 12.3 Å². The summed E-state index contributed by atoms with van der Waals surface area (Å²) in [4.78, 5) is 11.7. The van der Waals surface area contributed by atoms with E-state index >= 15 is 0 Å². The molecule has 0 aliphatic heterocycles. The van der Waals surface area contributed by atoms with Crippen molar-refractivity contribution in [2.24, 2.45) is 0 Å². The first kappa shape index (κ1) is 12.6. The lowest BCUT2D eigenvalue weighted by Crippen LogP contribution is -2.35. The van der Waals surface area contributed by atoms with E-state index in [0.717, 1.165) is 5.56 Å². The minimum atomic E-state index is -0.691. The van der Waals surface area contributed by atoms with Gasteiger partial charge in [-0.25, -0.2) is 0 Å². The summed E-state index contributed by atoms with van der Waals surface area (Å²) in [6, 6.07) is 8.94. The lowest BCUT2D eigenvalue weighted by atomic mass is 10.1. The van der Waals surface area contributed by atoms with Gasteiger partial charge in [-0.05, 0) is 12.0 Å². The zero-order valence-electron chi connectivity index (χ0n) is 9.11. The number of benzene rings is 1. The van der Waals surface area contributed by atoms with Crippen molar-refractivity contribution >= 4 is 17.5 Å². The summed E-state index contributed by atoms with van der Waals surface area (Å²) >= 11 is 6.03. The molecule has 2 atom stereocenters. The number of alkyl halides is 1. The quantitative estimate of drug-likeness (QED) is 0.631. The molecule has 1 aromatic rings. The van der Waals surface area contributed by atoms with Crippen molar-refractivity contribution in [1.29, 1.82) is 0 Å². The highest BCUT2D eigenvalue weighted by Crippen LogP contribution is 2.20. The number of halogens is 1. The summed E-state index contributed by atoms with van der Waals surface area (Å²) in [5.74, 6) is 2.25. The van der Waals surface area contributed by atoms with Crippen molar-refractivity contribution in [1.82, 2.24) is 5.32 Å². The van der Waals surface area contributed by atoms with Crippen LogP contribution in [0.25, 0.3) is 0 Å². The molecule has 1 aromatic carbocycles. The van der Waals surface area contributed by atoms with E-state index in [4.69, 9.17) is 18.0 Å². The molecule has 0 radical (unpaired) electrons. The van der Waals surface area contributed by atoms with E-state index in [0.29, 0.717) is 6.42 Å². The maximum Gasteiger partial charge on any atom is 0.243 e. The summed E-state index contributed by atoms with van der Waals surface area (Å²) in [5.41, 5.74) is 0.772. The summed E-state index contributed by atoms with van der Waals surface area (Å²) in [6.45, 7) is 1.91. The van der Waals surface area contributed by atoms with Crippen molar-refractivity contribution in [2.75, 3.05) is 0 Å². The van der Waals surface area contributed by atoms with Crippen LogP contribution in [0.1, 0.15) is 24.3 Å². The molecule has 0 bridgehead atoms. The van der Waals surface area contributed by atoms with Crippen LogP contribution < -0.4 is 5.32 Å². The molecule has 0 aromatic heterocycles. The summed E-state index contributed by atoms with van der Waals surface area (Å²) in [6.07, 6.45) is 5.96. The average molecular weight is 236 g/mol. The van der Waals surface area contributed by atoms with Crippen molar-refractivity contribution in [2.45, 2.75) is 24.8 Å². The molecule has 0 spiro atoms. The fourth-order valence-electron chi connectivity index (χ4n) is 1.28. The molecule has 2 unspecified atom stereocenters. The molecular weight excluding hydrogens is 222 g/mol. The smallest absolute Gasteiger partial charge is 0.243 e. The fraction of sp³-hybridized carbons (Fsp3) is 0.308. The summed E-state index contributed by atoms with van der Waals surface area (Å²) in [5, 5.41) is 2.02. The van der Waals surface area contributed by atoms with Crippen LogP contribution in [0.4, 0.5) is 0 Å². The lowest BCUT2D eigenvalue weighted by molar-refractivity contribution is -0.121. The third-order valence-corrected chi connectivity index (χ3v) is 2.70. The van der Waals surface area contributed by atoms with Gasteiger partial charge in [0.05, 0.1) is 6.04 Å². The van der Waals surface area contributed by atoms with Gasteiger partial charge >= 0.3 is 0 Å². The van der Waals surface area contributed by atoms with E-state index in [1.54, 1.807) is 0 Å². The molecule has 0 aliphatic rings. The molecule has 2 nitrogen and oxygen atoms in total. The van der Waals surface area contributed by atoms with Crippen molar-refractivity contribution in [3.05, 3.63) is 35.9 Å². The molecule has 1 N–H and O–H groups in total. The standard InChI is InChI=1S/C13H14ClNO/c1-3-11(4-2)15-13(16)12(14)10-8-6-5-7-9-10/h1,5-9,11-12H,4H2,2H3,(H,15,16). The highest BCUT2D eigenvalue weighted by atomic mass is 35.5. The van der Waals surface area contributed by atoms with E-state index < -0.39 is 5.38 Å². The van der Waals surface area contributed by atoms with E-state index in [1.807, 2.05) is 37.3 Å². The van der Waals surface area contributed by atoms with Gasteiger partial charge in [0.1, 0.15) is 5.38 Å². The van der Waals surface area contributed by atoms with Gasteiger partial charge < -0.3 is 5.32 Å². The molecule has 1 amide bonds. The second-order valence-corrected chi connectivity index (χ2v) is 3.85. The number of carbonyl (C=O) groups is 1. The predicted octanol–water partition coefficient (Wildman–Crippen LogP) is 2.49. The van der Waals surface area contributed by atoms with Crippen molar-refractivity contribution in [3.8, 4) is 12.3 Å². The maximum absolute atomic E-state index is 11.7. The second-order valence-electron chi connectivity index (χ2n) is 3.41. The normalized spacial score (nSPS) is 13.6. The zero-order valence-corrected chi connectivity index (χ0v) is 9.87. The van der Waals surface area contributed by atoms with Crippen LogP contribution >= 0.6 is 11.6 Å². The molecule has 3 heteroatoms. The number of carbonyl (C=O) groups excluding carboxylic acids is 1. The molecule has 0 saturated carbocycles. The van der Waals surface area contributed by atoms with E-state index in [-0.39, 0.29) is 11.9 Å². The first-order valence-electron chi connectivity index (χ1n) is 5.14. The molecule has 0 heterocycles. The van der Waals surface area contributed by atoms with Crippen LogP contribution in [0.15, 0.2) is 30.3 Å². The Kier molecular flexibility index (Phi) is 4.88. The number of amides is 1. The van der Waals surface area contributed by atoms with Crippen LogP contribution in [0.5, 0.6) is 0 Å². The van der Waals surface area contributed by atoms with Crippen LogP contribution in [-0.4, -0.2) is 11.9 Å². The summed E-state index contributed by atoms with van der Waals surface area (Å²) in [7, 11) is 0. The molecule has 0 saturated heterocycles. The minimum Gasteiger partial charge on any atom is -0.341 e. The van der Waals surface area contributed by atoms with Crippen LogP contribution in [0.3, 0.4) is 0 Å². The van der Waals surface area contributed by atoms with Crippen LogP contribution in [-0.2, 0) is 4.79 Å². The lowest BCUT2D eigenvalue weighted by Gasteiger charge is -2.14. The Labute approximate surface area is 101 Å². The van der Waals surface area contributed by atoms with E-state index in [1.165, 1.54) is 0 Å². The van der Waals surface area contributed by atoms with Gasteiger partial charge in [0.2, 0.25) is 5.91 Å². The topological polar surface area (TPSA) is 29.1 Å². The number of terminal acetylenes is 1. The van der Waals surface area contributed by atoms with Gasteiger partial charge in [-0.15, -0.1) is 18.0 Å². The molecule has 0 fully saturated rings. The van der Waals surface area contributed by atoms with Gasteiger partial charge in [0, 0.05) is 0 Å². The van der Waals surface area contributed by atoms with Gasteiger partial charge in [-0.1, -0.05) is 43.2 Å². The zero-order chi connectivity index (χ0) is 12.0. The number of hydrogen-bond donors (Lipinski definition) is 1. The van der Waals surface area contributed by atoms with Gasteiger partial charge in [0.25, 0.3) is 0 Å².